The Hall–Kier alpha value is -0.0301. The van der Waals surface area contributed by atoms with Crippen LogP contribution >= 0.6 is 0 Å². The van der Waals surface area contributed by atoms with E-state index in [1.165, 1.54) is 12.8 Å². The fourth-order valence-electron chi connectivity index (χ4n) is 3.83. The molecule has 2 heterocycles. The molecule has 3 atom stereocenters. The van der Waals surface area contributed by atoms with Gasteiger partial charge in [0.2, 0.25) is 0 Å². The predicted molar refractivity (Wildman–Crippen MR) is 88.4 cm³/mol. The first-order valence-electron chi connectivity index (χ1n) is 8.65. The van der Waals surface area contributed by atoms with Gasteiger partial charge in [0.15, 0.2) is 0 Å². The standard InChI is InChI=1S/C16H30B2O4/c1-9-11-10-12(11)16(8)15(6,7)21-18(22-16)17-19-13(2,3)14(4,5)20-17/h11-12H,9-10H2,1-8H3. The third kappa shape index (κ3) is 2.29. The van der Waals surface area contributed by atoms with Crippen LogP contribution in [-0.2, 0) is 18.6 Å². The summed E-state index contributed by atoms with van der Waals surface area (Å²) >= 11 is 0. The minimum Gasteiger partial charge on any atom is -0.405 e. The first kappa shape index (κ1) is 16.8. The molecule has 3 fully saturated rings. The Morgan fingerprint density at radius 3 is 1.68 bits per heavy atom. The summed E-state index contributed by atoms with van der Waals surface area (Å²) in [6.45, 7) is 16.9. The summed E-state index contributed by atoms with van der Waals surface area (Å²) in [6, 6.07) is 0. The van der Waals surface area contributed by atoms with Gasteiger partial charge < -0.3 is 18.6 Å². The Labute approximate surface area is 135 Å². The van der Waals surface area contributed by atoms with Crippen LogP contribution in [0.2, 0.25) is 0 Å². The predicted octanol–water partition coefficient (Wildman–Crippen LogP) is 3.28. The third-order valence-electron chi connectivity index (χ3n) is 6.62. The summed E-state index contributed by atoms with van der Waals surface area (Å²) in [7, 11) is -0.927. The highest BCUT2D eigenvalue weighted by Gasteiger charge is 2.68. The largest absolute Gasteiger partial charge is 0.489 e. The second-order valence-corrected chi connectivity index (χ2v) is 8.86. The molecule has 4 nitrogen and oxygen atoms in total. The van der Waals surface area contributed by atoms with Gasteiger partial charge in [-0.1, -0.05) is 13.3 Å². The number of hydrogen-bond acceptors (Lipinski definition) is 4. The lowest BCUT2D eigenvalue weighted by molar-refractivity contribution is -0.0304. The maximum absolute atomic E-state index is 6.42. The molecule has 124 valence electrons. The van der Waals surface area contributed by atoms with Gasteiger partial charge in [-0.05, 0) is 66.7 Å². The number of hydrogen-bond donors (Lipinski definition) is 0. The van der Waals surface area contributed by atoms with Crippen LogP contribution in [0.3, 0.4) is 0 Å². The molecular weight excluding hydrogens is 278 g/mol. The minimum absolute atomic E-state index is 0.276. The molecule has 0 N–H and O–H groups in total. The Bertz CT molecular complexity index is 449. The molecule has 1 aliphatic carbocycles. The van der Waals surface area contributed by atoms with Crippen LogP contribution in [0.4, 0.5) is 0 Å². The second kappa shape index (κ2) is 4.75. The van der Waals surface area contributed by atoms with Crippen molar-refractivity contribution in [2.24, 2.45) is 11.8 Å². The van der Waals surface area contributed by atoms with E-state index in [-0.39, 0.29) is 22.4 Å². The molecule has 6 heteroatoms. The van der Waals surface area contributed by atoms with Crippen molar-refractivity contribution in [3.05, 3.63) is 0 Å². The molecule has 0 aromatic carbocycles. The van der Waals surface area contributed by atoms with Gasteiger partial charge >= 0.3 is 14.0 Å². The lowest BCUT2D eigenvalue weighted by Crippen LogP contribution is -2.47. The van der Waals surface area contributed by atoms with Crippen molar-refractivity contribution < 1.29 is 18.6 Å². The van der Waals surface area contributed by atoms with E-state index in [0.717, 1.165) is 5.92 Å². The van der Waals surface area contributed by atoms with Crippen LogP contribution < -0.4 is 0 Å². The highest BCUT2D eigenvalue weighted by molar-refractivity contribution is 7.11. The molecule has 0 aromatic rings. The van der Waals surface area contributed by atoms with E-state index >= 15 is 0 Å². The molecule has 0 aromatic heterocycles. The topological polar surface area (TPSA) is 36.9 Å². The van der Waals surface area contributed by atoms with Crippen molar-refractivity contribution in [2.45, 2.75) is 90.6 Å². The molecule has 3 rings (SSSR count). The fraction of sp³-hybridized carbons (Fsp3) is 1.00. The summed E-state index contributed by atoms with van der Waals surface area (Å²) in [6.07, 6.45) is 2.44. The van der Waals surface area contributed by atoms with E-state index in [9.17, 15) is 0 Å². The monoisotopic (exact) mass is 308 g/mol. The summed E-state index contributed by atoms with van der Waals surface area (Å²) in [5.74, 6) is 1.32. The van der Waals surface area contributed by atoms with Crippen molar-refractivity contribution >= 4 is 14.0 Å². The Morgan fingerprint density at radius 1 is 0.773 bits per heavy atom. The van der Waals surface area contributed by atoms with Gasteiger partial charge in [-0.2, -0.15) is 0 Å². The zero-order valence-corrected chi connectivity index (χ0v) is 15.4. The van der Waals surface area contributed by atoms with Gasteiger partial charge in [-0.25, -0.2) is 0 Å². The van der Waals surface area contributed by atoms with Crippen LogP contribution in [0.5, 0.6) is 0 Å². The summed E-state index contributed by atoms with van der Waals surface area (Å²) in [5, 5.41) is 0. The fourth-order valence-corrected chi connectivity index (χ4v) is 3.83. The molecule has 0 radical (unpaired) electrons. The smallest absolute Gasteiger partial charge is 0.405 e. The molecule has 22 heavy (non-hydrogen) atoms. The highest BCUT2D eigenvalue weighted by atomic mass is 16.7. The van der Waals surface area contributed by atoms with E-state index in [1.54, 1.807) is 0 Å². The van der Waals surface area contributed by atoms with E-state index in [2.05, 4.69) is 55.4 Å². The van der Waals surface area contributed by atoms with Gasteiger partial charge in [-0.3, -0.25) is 0 Å². The van der Waals surface area contributed by atoms with E-state index < -0.39 is 14.0 Å². The molecule has 0 amide bonds. The second-order valence-electron chi connectivity index (χ2n) is 8.86. The van der Waals surface area contributed by atoms with Crippen molar-refractivity contribution in [1.29, 1.82) is 0 Å². The van der Waals surface area contributed by atoms with Crippen LogP contribution in [0.1, 0.15) is 68.2 Å². The van der Waals surface area contributed by atoms with Gasteiger partial charge in [-0.15, -0.1) is 0 Å². The average molecular weight is 308 g/mol. The molecule has 2 aliphatic heterocycles. The van der Waals surface area contributed by atoms with Crippen LogP contribution in [0.25, 0.3) is 0 Å². The molecule has 3 aliphatic rings. The van der Waals surface area contributed by atoms with Crippen LogP contribution in [0.15, 0.2) is 0 Å². The van der Waals surface area contributed by atoms with Gasteiger partial charge in [0.05, 0.1) is 22.4 Å². The van der Waals surface area contributed by atoms with Gasteiger partial charge in [0.1, 0.15) is 0 Å². The number of rotatable bonds is 3. The first-order valence-corrected chi connectivity index (χ1v) is 8.65. The van der Waals surface area contributed by atoms with Gasteiger partial charge in [0.25, 0.3) is 0 Å². The minimum atomic E-state index is -0.468. The average Bonchev–Trinajstić information content (AvgIpc) is 3.06. The quantitative estimate of drug-likeness (QED) is 0.750. The summed E-state index contributed by atoms with van der Waals surface area (Å²) < 4.78 is 24.9. The highest BCUT2D eigenvalue weighted by Crippen LogP contribution is 2.57. The Balaban J connectivity index is 1.76. The molecule has 2 saturated heterocycles. The summed E-state index contributed by atoms with van der Waals surface area (Å²) in [5.41, 5.74) is -1.34. The van der Waals surface area contributed by atoms with E-state index in [4.69, 9.17) is 18.6 Å². The third-order valence-corrected chi connectivity index (χ3v) is 6.62. The molecule has 0 spiro atoms. The molecular formula is C16H30B2O4. The van der Waals surface area contributed by atoms with Crippen LogP contribution in [0, 0.1) is 11.8 Å². The van der Waals surface area contributed by atoms with Gasteiger partial charge in [0, 0.05) is 0 Å². The normalized spacial score (nSPS) is 42.0. The first-order chi connectivity index (χ1) is 9.93. The maximum atomic E-state index is 6.42. The van der Waals surface area contributed by atoms with E-state index in [1.807, 2.05) is 0 Å². The molecule has 0 bridgehead atoms. The Morgan fingerprint density at radius 2 is 1.23 bits per heavy atom. The van der Waals surface area contributed by atoms with Crippen molar-refractivity contribution in [1.82, 2.24) is 0 Å². The van der Waals surface area contributed by atoms with E-state index in [0.29, 0.717) is 5.92 Å². The Kier molecular flexibility index (Phi) is 3.63. The van der Waals surface area contributed by atoms with Crippen molar-refractivity contribution in [3.63, 3.8) is 0 Å². The molecule has 1 saturated carbocycles. The zero-order chi connectivity index (χ0) is 16.6. The van der Waals surface area contributed by atoms with Crippen molar-refractivity contribution in [3.8, 4) is 0 Å². The zero-order valence-electron chi connectivity index (χ0n) is 15.4. The van der Waals surface area contributed by atoms with Crippen LogP contribution in [-0.4, -0.2) is 36.4 Å². The lowest BCUT2D eigenvalue weighted by atomic mass is 9.49. The molecule has 3 unspecified atom stereocenters. The van der Waals surface area contributed by atoms with Crippen molar-refractivity contribution in [2.75, 3.05) is 0 Å². The summed E-state index contributed by atoms with van der Waals surface area (Å²) in [4.78, 5) is 0. The lowest BCUT2D eigenvalue weighted by Gasteiger charge is -2.37. The SMILES string of the molecule is CCC1CC1C1(C)OB(B2OC(C)(C)C(C)(C)O2)OC1(C)C. The maximum Gasteiger partial charge on any atom is 0.489 e.